The Morgan fingerprint density at radius 1 is 1.32 bits per heavy atom. The van der Waals surface area contributed by atoms with Gasteiger partial charge in [-0.05, 0) is 52.9 Å². The van der Waals surface area contributed by atoms with Gasteiger partial charge in [0, 0.05) is 9.77 Å². The van der Waals surface area contributed by atoms with Crippen molar-refractivity contribution in [2.24, 2.45) is 0 Å². The number of hydrogen-bond donors (Lipinski definition) is 1. The lowest BCUT2D eigenvalue weighted by molar-refractivity contribution is 0.557. The van der Waals surface area contributed by atoms with E-state index in [4.69, 9.17) is 11.6 Å². The van der Waals surface area contributed by atoms with Crippen molar-refractivity contribution in [3.63, 3.8) is 0 Å². The highest BCUT2D eigenvalue weighted by Crippen LogP contribution is 2.26. The van der Waals surface area contributed by atoms with Gasteiger partial charge in [-0.25, -0.2) is 9.37 Å². The van der Waals surface area contributed by atoms with Crippen molar-refractivity contribution in [1.82, 2.24) is 4.98 Å². The normalized spacial score (nSPS) is 11.3. The Hall–Kier alpha value is -0.930. The van der Waals surface area contributed by atoms with Crippen molar-refractivity contribution in [2.45, 2.75) is 5.03 Å². The predicted molar refractivity (Wildman–Crippen MR) is 79.2 cm³/mol. The summed E-state index contributed by atoms with van der Waals surface area (Å²) in [5.41, 5.74) is 0.173. The summed E-state index contributed by atoms with van der Waals surface area (Å²) in [5, 5.41) is -0.434. The first-order chi connectivity index (χ1) is 8.90. The molecule has 1 aromatic heterocycles. The largest absolute Gasteiger partial charge is 0.282 e. The van der Waals surface area contributed by atoms with Crippen LogP contribution < -0.4 is 4.72 Å². The van der Waals surface area contributed by atoms with Gasteiger partial charge in [-0.15, -0.1) is 0 Å². The van der Waals surface area contributed by atoms with Crippen molar-refractivity contribution in [3.8, 4) is 0 Å². The first kappa shape index (κ1) is 14.5. The molecule has 2 rings (SSSR count). The Balaban J connectivity index is 2.40. The zero-order chi connectivity index (χ0) is 14.0. The molecule has 0 atom stereocenters. The number of halogens is 3. The van der Waals surface area contributed by atoms with Gasteiger partial charge in [-0.1, -0.05) is 11.6 Å². The second-order valence-electron chi connectivity index (χ2n) is 3.52. The number of aromatic nitrogens is 1. The molecule has 0 unspecified atom stereocenters. The van der Waals surface area contributed by atoms with Gasteiger partial charge in [0.25, 0.3) is 10.0 Å². The lowest BCUT2D eigenvalue weighted by Gasteiger charge is -2.09. The second kappa shape index (κ2) is 5.59. The number of sulfonamides is 1. The van der Waals surface area contributed by atoms with Crippen molar-refractivity contribution in [2.75, 3.05) is 4.72 Å². The van der Waals surface area contributed by atoms with E-state index in [1.165, 1.54) is 18.3 Å². The van der Waals surface area contributed by atoms with Crippen LogP contribution in [-0.2, 0) is 10.0 Å². The van der Waals surface area contributed by atoms with Gasteiger partial charge in [0.2, 0.25) is 5.03 Å². The Bertz CT molecular complexity index is 724. The lowest BCUT2D eigenvalue weighted by atomic mass is 10.3. The van der Waals surface area contributed by atoms with Crippen LogP contribution in [0.5, 0.6) is 0 Å². The first-order valence-electron chi connectivity index (χ1n) is 4.98. The molecule has 8 heteroatoms. The summed E-state index contributed by atoms with van der Waals surface area (Å²) < 4.78 is 40.5. The summed E-state index contributed by atoms with van der Waals surface area (Å²) in [6, 6.07) is 7.11. The molecule has 0 spiro atoms. The Kier molecular flexibility index (Phi) is 4.26. The minimum absolute atomic E-state index is 0.173. The number of hydrogen-bond acceptors (Lipinski definition) is 3. The molecule has 0 aliphatic rings. The zero-order valence-corrected chi connectivity index (χ0v) is 13.0. The van der Waals surface area contributed by atoms with Crippen LogP contribution in [0.3, 0.4) is 0 Å². The van der Waals surface area contributed by atoms with E-state index in [1.54, 1.807) is 12.1 Å². The van der Waals surface area contributed by atoms with Gasteiger partial charge in [-0.2, -0.15) is 8.42 Å². The number of pyridine rings is 1. The summed E-state index contributed by atoms with van der Waals surface area (Å²) in [7, 11) is -4.10. The van der Waals surface area contributed by atoms with Gasteiger partial charge >= 0.3 is 0 Å². The summed E-state index contributed by atoms with van der Waals surface area (Å²) in [5.74, 6) is -0.920. The maximum absolute atomic E-state index is 13.4. The topological polar surface area (TPSA) is 59.1 Å². The molecule has 100 valence electrons. The van der Waals surface area contributed by atoms with E-state index in [0.29, 0.717) is 0 Å². The molecule has 0 saturated heterocycles. The van der Waals surface area contributed by atoms with Crippen LogP contribution in [0.25, 0.3) is 0 Å². The Labute approximate surface area is 128 Å². The molecule has 0 bridgehead atoms. The standard InChI is InChI=1S/C11H7ClFIN2O2S/c12-8-6-7(14)3-4-10(8)16-19(17,18)11-9(13)2-1-5-15-11/h1-6,16H. The van der Waals surface area contributed by atoms with Crippen molar-refractivity contribution < 1.29 is 12.8 Å². The molecular formula is C11H7ClFIN2O2S. The van der Waals surface area contributed by atoms with E-state index < -0.39 is 20.9 Å². The van der Waals surface area contributed by atoms with E-state index in [1.807, 2.05) is 22.6 Å². The third kappa shape index (κ3) is 3.34. The van der Waals surface area contributed by atoms with Crippen LogP contribution in [0.4, 0.5) is 10.1 Å². The minimum atomic E-state index is -4.10. The van der Waals surface area contributed by atoms with Crippen LogP contribution in [0.1, 0.15) is 0 Å². The molecule has 0 radical (unpaired) electrons. The van der Waals surface area contributed by atoms with E-state index in [2.05, 4.69) is 9.71 Å². The summed E-state index contributed by atoms with van der Waals surface area (Å²) in [6.45, 7) is 0. The molecule has 1 N–H and O–H groups in total. The van der Waals surface area contributed by atoms with E-state index in [0.717, 1.165) is 9.64 Å². The van der Waals surface area contributed by atoms with Gasteiger partial charge in [0.05, 0.1) is 10.7 Å². The number of anilines is 1. The van der Waals surface area contributed by atoms with Gasteiger partial charge in [0.1, 0.15) is 0 Å². The van der Waals surface area contributed by atoms with Crippen molar-refractivity contribution >= 4 is 49.9 Å². The molecule has 2 aromatic rings. The molecule has 19 heavy (non-hydrogen) atoms. The van der Waals surface area contributed by atoms with Crippen molar-refractivity contribution in [3.05, 3.63) is 50.9 Å². The highest BCUT2D eigenvalue weighted by molar-refractivity contribution is 14.1. The van der Waals surface area contributed by atoms with E-state index >= 15 is 0 Å². The third-order valence-electron chi connectivity index (χ3n) is 2.15. The van der Waals surface area contributed by atoms with Crippen LogP contribution in [0, 0.1) is 9.39 Å². The summed E-state index contributed by atoms with van der Waals surface area (Å²) in [4.78, 5) is 3.52. The Morgan fingerprint density at radius 3 is 2.68 bits per heavy atom. The van der Waals surface area contributed by atoms with Gasteiger partial charge in [0.15, 0.2) is 5.82 Å². The molecular weight excluding hydrogens is 406 g/mol. The average Bonchev–Trinajstić information content (AvgIpc) is 2.33. The molecule has 1 aromatic carbocycles. The molecule has 4 nitrogen and oxygen atoms in total. The lowest BCUT2D eigenvalue weighted by Crippen LogP contribution is -2.16. The SMILES string of the molecule is O=S(=O)(Nc1ccc(I)cc1Cl)c1ncccc1F. The predicted octanol–water partition coefficient (Wildman–Crippen LogP) is 3.28. The average molecular weight is 413 g/mol. The molecule has 0 fully saturated rings. The smallest absolute Gasteiger partial charge is 0.277 e. The van der Waals surface area contributed by atoms with Crippen LogP contribution >= 0.6 is 34.2 Å². The number of benzene rings is 1. The molecule has 0 amide bonds. The maximum atomic E-state index is 13.4. The first-order valence-corrected chi connectivity index (χ1v) is 7.92. The maximum Gasteiger partial charge on any atom is 0.282 e. The van der Waals surface area contributed by atoms with E-state index in [9.17, 15) is 12.8 Å². The molecule has 0 aliphatic carbocycles. The third-order valence-corrected chi connectivity index (χ3v) is 4.44. The van der Waals surface area contributed by atoms with Crippen molar-refractivity contribution in [1.29, 1.82) is 0 Å². The number of rotatable bonds is 3. The number of nitrogens with one attached hydrogen (secondary N) is 1. The highest BCUT2D eigenvalue weighted by atomic mass is 127. The summed E-state index contributed by atoms with van der Waals surface area (Å²) >= 11 is 7.96. The van der Waals surface area contributed by atoms with Crippen LogP contribution in [0.2, 0.25) is 5.02 Å². The quantitative estimate of drug-likeness (QED) is 0.787. The van der Waals surface area contributed by atoms with Gasteiger partial charge in [-0.3, -0.25) is 4.72 Å². The number of nitrogens with zero attached hydrogens (tertiary/aromatic N) is 1. The monoisotopic (exact) mass is 412 g/mol. The van der Waals surface area contributed by atoms with E-state index in [-0.39, 0.29) is 10.7 Å². The van der Waals surface area contributed by atoms with Gasteiger partial charge < -0.3 is 0 Å². The second-order valence-corrected chi connectivity index (χ2v) is 6.77. The molecule has 0 saturated carbocycles. The zero-order valence-electron chi connectivity index (χ0n) is 9.27. The fourth-order valence-corrected chi connectivity index (χ4v) is 3.38. The minimum Gasteiger partial charge on any atom is -0.277 e. The fraction of sp³-hybridized carbons (Fsp3) is 0. The summed E-state index contributed by atoms with van der Waals surface area (Å²) in [6.07, 6.45) is 1.20. The van der Waals surface area contributed by atoms with Crippen LogP contribution in [0.15, 0.2) is 41.6 Å². The molecule has 1 heterocycles. The molecule has 0 aliphatic heterocycles. The Morgan fingerprint density at radius 2 is 2.05 bits per heavy atom. The fourth-order valence-electron chi connectivity index (χ4n) is 1.33. The van der Waals surface area contributed by atoms with Crippen LogP contribution in [-0.4, -0.2) is 13.4 Å². The highest BCUT2D eigenvalue weighted by Gasteiger charge is 2.21.